The molecule has 0 saturated heterocycles. The van der Waals surface area contributed by atoms with Crippen LogP contribution in [0, 0.1) is 17.8 Å². The van der Waals surface area contributed by atoms with Gasteiger partial charge in [-0.15, -0.1) is 0 Å². The van der Waals surface area contributed by atoms with Gasteiger partial charge in [0.25, 0.3) is 12.4 Å². The fourth-order valence-electron chi connectivity index (χ4n) is 3.29. The second kappa shape index (κ2) is 14.0. The summed E-state index contributed by atoms with van der Waals surface area (Å²) in [5.41, 5.74) is 0. The van der Waals surface area contributed by atoms with Crippen LogP contribution in [0.2, 0.25) is 0 Å². The molecule has 2 amide bonds. The maximum Gasteiger partial charge on any atom is 0.300 e. The number of carbonyl (C=O) groups excluding carboxylic acids is 3. The molecule has 0 heterocycles. The van der Waals surface area contributed by atoms with E-state index in [-0.39, 0.29) is 58.0 Å². The molecule has 2 aliphatic rings. The van der Waals surface area contributed by atoms with Crippen LogP contribution in [0.4, 0.5) is 0 Å². The zero-order chi connectivity index (χ0) is 19.0. The predicted octanol–water partition coefficient (Wildman–Crippen LogP) is 1.33. The molecular weight excluding hydrogens is 429 g/mol. The molecule has 0 aromatic heterocycles. The van der Waals surface area contributed by atoms with Crippen LogP contribution < -0.4 is 10.6 Å². The maximum atomic E-state index is 12.3. The van der Waals surface area contributed by atoms with Crippen LogP contribution in [0.15, 0.2) is 0 Å². The van der Waals surface area contributed by atoms with Crippen molar-refractivity contribution in [1.29, 1.82) is 0 Å². The SMILES string of the molecule is C.CC(=O)O.CNC(=O)C1CC(C(=O)NC2CCC(C)CC2)C1OC=O.[Y]. The Morgan fingerprint density at radius 3 is 2.00 bits per heavy atom. The van der Waals surface area contributed by atoms with Crippen molar-refractivity contribution in [3.05, 3.63) is 0 Å². The van der Waals surface area contributed by atoms with Gasteiger partial charge in [-0.25, -0.2) is 0 Å². The van der Waals surface area contributed by atoms with E-state index in [2.05, 4.69) is 17.6 Å². The molecule has 153 valence electrons. The molecule has 0 bridgehead atoms. The van der Waals surface area contributed by atoms with Crippen molar-refractivity contribution in [1.82, 2.24) is 10.6 Å². The van der Waals surface area contributed by atoms with Crippen LogP contribution in [0.3, 0.4) is 0 Å². The molecule has 9 heteroatoms. The monoisotopic (exact) mass is 461 g/mol. The average molecular weight is 461 g/mol. The number of nitrogens with one attached hydrogen (secondary N) is 2. The van der Waals surface area contributed by atoms with Crippen LogP contribution >= 0.6 is 0 Å². The smallest absolute Gasteiger partial charge is 0.300 e. The van der Waals surface area contributed by atoms with Crippen molar-refractivity contribution in [3.8, 4) is 0 Å². The second-order valence-electron chi connectivity index (χ2n) is 6.74. The second-order valence-corrected chi connectivity index (χ2v) is 6.74. The Kier molecular flexibility index (Phi) is 14.7. The van der Waals surface area contributed by atoms with Gasteiger partial charge in [0.05, 0.1) is 11.8 Å². The van der Waals surface area contributed by atoms with Crippen molar-refractivity contribution in [2.75, 3.05) is 7.05 Å². The van der Waals surface area contributed by atoms with Crippen LogP contribution in [0.25, 0.3) is 0 Å². The van der Waals surface area contributed by atoms with Gasteiger partial charge in [0.1, 0.15) is 6.10 Å². The summed E-state index contributed by atoms with van der Waals surface area (Å²) < 4.78 is 4.95. The zero-order valence-electron chi connectivity index (χ0n) is 15.6. The van der Waals surface area contributed by atoms with Gasteiger partial charge in [0.15, 0.2) is 0 Å². The number of hydrogen-bond acceptors (Lipinski definition) is 5. The number of carboxylic acid groups (broad SMARTS) is 1. The van der Waals surface area contributed by atoms with E-state index in [1.807, 2.05) is 0 Å². The van der Waals surface area contributed by atoms with Gasteiger partial charge < -0.3 is 20.5 Å². The van der Waals surface area contributed by atoms with Gasteiger partial charge >= 0.3 is 0 Å². The molecule has 0 aliphatic heterocycles. The number of carboxylic acids is 1. The fourth-order valence-corrected chi connectivity index (χ4v) is 3.29. The summed E-state index contributed by atoms with van der Waals surface area (Å²) in [6.45, 7) is 3.63. The van der Waals surface area contributed by atoms with E-state index in [0.717, 1.165) is 38.5 Å². The van der Waals surface area contributed by atoms with Gasteiger partial charge in [0.2, 0.25) is 11.8 Å². The topological polar surface area (TPSA) is 122 Å². The molecular formula is C18H32N2O6Y. The molecule has 0 aromatic rings. The minimum Gasteiger partial charge on any atom is -0.481 e. The van der Waals surface area contributed by atoms with E-state index in [1.165, 1.54) is 7.05 Å². The van der Waals surface area contributed by atoms with Crippen LogP contribution in [-0.2, 0) is 56.6 Å². The summed E-state index contributed by atoms with van der Waals surface area (Å²) in [7, 11) is 1.54. The molecule has 3 unspecified atom stereocenters. The normalized spacial score (nSPS) is 28.3. The van der Waals surface area contributed by atoms with E-state index < -0.39 is 23.9 Å². The molecule has 3 atom stereocenters. The first-order valence-electron chi connectivity index (χ1n) is 8.60. The maximum absolute atomic E-state index is 12.3. The van der Waals surface area contributed by atoms with Crippen molar-refractivity contribution < 1.29 is 61.7 Å². The minimum absolute atomic E-state index is 0. The molecule has 2 fully saturated rings. The van der Waals surface area contributed by atoms with Gasteiger partial charge in [-0.1, -0.05) is 14.4 Å². The molecule has 2 rings (SSSR count). The number of rotatable bonds is 5. The molecule has 3 N–H and O–H groups in total. The van der Waals surface area contributed by atoms with E-state index in [4.69, 9.17) is 14.6 Å². The standard InChI is InChI=1S/C15H24N2O4.C2H4O2.CH4.Y/c1-9-3-5-10(6-4-9)17-15(20)12-7-11(14(19)16-2)13(12)21-8-18;1-2(3)4;;/h8-13H,3-7H2,1-2H3,(H,16,19)(H,17,20);1H3,(H,3,4);1H4;. The van der Waals surface area contributed by atoms with E-state index >= 15 is 0 Å². The first-order valence-corrected chi connectivity index (χ1v) is 8.60. The summed E-state index contributed by atoms with van der Waals surface area (Å²) in [6.07, 6.45) is 4.06. The Labute approximate surface area is 186 Å². The first-order chi connectivity index (χ1) is 11.8. The van der Waals surface area contributed by atoms with Gasteiger partial charge in [-0.05, 0) is 38.0 Å². The molecule has 2 saturated carbocycles. The fraction of sp³-hybridized carbons (Fsp3) is 0.778. The van der Waals surface area contributed by atoms with Gasteiger partial charge in [-0.3, -0.25) is 19.2 Å². The number of carbonyl (C=O) groups is 4. The summed E-state index contributed by atoms with van der Waals surface area (Å²) >= 11 is 0. The predicted molar refractivity (Wildman–Crippen MR) is 96.2 cm³/mol. The Morgan fingerprint density at radius 2 is 1.56 bits per heavy atom. The number of hydrogen-bond donors (Lipinski definition) is 3. The summed E-state index contributed by atoms with van der Waals surface area (Å²) in [5.74, 6) is -1.20. The molecule has 8 nitrogen and oxygen atoms in total. The largest absolute Gasteiger partial charge is 0.481 e. The Balaban J connectivity index is 0. The third-order valence-corrected chi connectivity index (χ3v) is 4.80. The van der Waals surface area contributed by atoms with Gasteiger partial charge in [-0.2, -0.15) is 0 Å². The van der Waals surface area contributed by atoms with E-state index in [1.54, 1.807) is 0 Å². The molecule has 27 heavy (non-hydrogen) atoms. The third-order valence-electron chi connectivity index (χ3n) is 4.80. The van der Waals surface area contributed by atoms with E-state index in [0.29, 0.717) is 12.9 Å². The molecule has 0 aromatic carbocycles. The van der Waals surface area contributed by atoms with Crippen LogP contribution in [-0.4, -0.2) is 48.6 Å². The van der Waals surface area contributed by atoms with Crippen LogP contribution in [0.5, 0.6) is 0 Å². The Bertz CT molecular complexity index is 490. The van der Waals surface area contributed by atoms with E-state index in [9.17, 15) is 14.4 Å². The van der Waals surface area contributed by atoms with Crippen molar-refractivity contribution in [2.45, 2.75) is 65.5 Å². The number of aliphatic carboxylic acids is 1. The molecule has 2 aliphatic carbocycles. The number of ether oxygens (including phenoxy) is 1. The van der Waals surface area contributed by atoms with Crippen molar-refractivity contribution in [3.63, 3.8) is 0 Å². The van der Waals surface area contributed by atoms with Gasteiger partial charge in [0, 0.05) is 52.7 Å². The molecule has 1 radical (unpaired) electrons. The summed E-state index contributed by atoms with van der Waals surface area (Å²) in [6, 6.07) is 0.213. The minimum atomic E-state index is -0.833. The van der Waals surface area contributed by atoms with Crippen molar-refractivity contribution in [2.24, 2.45) is 17.8 Å². The summed E-state index contributed by atoms with van der Waals surface area (Å²) in [5, 5.41) is 13.0. The molecule has 0 spiro atoms. The third kappa shape index (κ3) is 9.15. The zero-order valence-corrected chi connectivity index (χ0v) is 18.4. The quantitative estimate of drug-likeness (QED) is 0.531. The average Bonchev–Trinajstić information content (AvgIpc) is 2.53. The Hall–Kier alpha value is -1.02. The van der Waals surface area contributed by atoms with Crippen molar-refractivity contribution >= 4 is 24.3 Å². The van der Waals surface area contributed by atoms with Crippen LogP contribution in [0.1, 0.15) is 53.4 Å². The Morgan fingerprint density at radius 1 is 1.07 bits per heavy atom. The number of amides is 2. The summed E-state index contributed by atoms with van der Waals surface area (Å²) in [4.78, 5) is 43.5. The first kappa shape index (κ1) is 28.2.